The molecule has 0 aromatic heterocycles. The lowest BCUT2D eigenvalue weighted by Crippen LogP contribution is -2.01. The SMILES string of the molecule is O=C(O)c1ccc(OCCCCc2ccccc2)c(Br)c1. The van der Waals surface area contributed by atoms with E-state index in [-0.39, 0.29) is 5.56 Å². The van der Waals surface area contributed by atoms with Crippen molar-refractivity contribution in [3.63, 3.8) is 0 Å². The summed E-state index contributed by atoms with van der Waals surface area (Å²) in [7, 11) is 0. The molecular formula is C17H17BrO3. The van der Waals surface area contributed by atoms with Gasteiger partial charge >= 0.3 is 5.97 Å². The maximum absolute atomic E-state index is 10.8. The number of halogens is 1. The fourth-order valence-corrected chi connectivity index (χ4v) is 2.50. The topological polar surface area (TPSA) is 46.5 Å². The summed E-state index contributed by atoms with van der Waals surface area (Å²) in [5, 5.41) is 8.89. The van der Waals surface area contributed by atoms with Crippen LogP contribution in [0, 0.1) is 0 Å². The first kappa shape index (κ1) is 15.6. The second-order valence-corrected chi connectivity index (χ2v) is 5.60. The summed E-state index contributed by atoms with van der Waals surface area (Å²) >= 11 is 3.33. The third kappa shape index (κ3) is 4.90. The normalized spacial score (nSPS) is 10.3. The third-order valence-corrected chi connectivity index (χ3v) is 3.76. The van der Waals surface area contributed by atoms with Gasteiger partial charge < -0.3 is 9.84 Å². The van der Waals surface area contributed by atoms with Gasteiger partial charge in [0.2, 0.25) is 0 Å². The predicted octanol–water partition coefficient (Wildman–Crippen LogP) is 4.55. The summed E-state index contributed by atoms with van der Waals surface area (Å²) in [6.07, 6.45) is 3.07. The molecule has 0 saturated heterocycles. The van der Waals surface area contributed by atoms with Crippen molar-refractivity contribution in [2.45, 2.75) is 19.3 Å². The maximum Gasteiger partial charge on any atom is 0.335 e. The Balaban J connectivity index is 1.75. The monoisotopic (exact) mass is 348 g/mol. The van der Waals surface area contributed by atoms with Crippen molar-refractivity contribution < 1.29 is 14.6 Å². The van der Waals surface area contributed by atoms with Crippen molar-refractivity contribution in [2.24, 2.45) is 0 Å². The van der Waals surface area contributed by atoms with Crippen molar-refractivity contribution in [1.82, 2.24) is 0 Å². The molecule has 1 N–H and O–H groups in total. The Morgan fingerprint density at radius 3 is 2.52 bits per heavy atom. The molecule has 3 nitrogen and oxygen atoms in total. The number of hydrogen-bond donors (Lipinski definition) is 1. The number of ether oxygens (including phenoxy) is 1. The molecule has 4 heteroatoms. The van der Waals surface area contributed by atoms with E-state index in [1.807, 2.05) is 18.2 Å². The number of unbranched alkanes of at least 4 members (excludes halogenated alkanes) is 1. The van der Waals surface area contributed by atoms with E-state index >= 15 is 0 Å². The zero-order valence-electron chi connectivity index (χ0n) is 11.6. The lowest BCUT2D eigenvalue weighted by molar-refractivity contribution is 0.0697. The highest BCUT2D eigenvalue weighted by Crippen LogP contribution is 2.26. The van der Waals surface area contributed by atoms with Gasteiger partial charge in [0.25, 0.3) is 0 Å². The molecule has 0 aliphatic rings. The number of aryl methyl sites for hydroxylation is 1. The zero-order valence-corrected chi connectivity index (χ0v) is 13.2. The van der Waals surface area contributed by atoms with E-state index in [2.05, 4.69) is 28.1 Å². The molecule has 0 spiro atoms. The first-order valence-electron chi connectivity index (χ1n) is 6.86. The number of rotatable bonds is 7. The Morgan fingerprint density at radius 1 is 1.10 bits per heavy atom. The van der Waals surface area contributed by atoms with Crippen LogP contribution in [0.5, 0.6) is 5.75 Å². The van der Waals surface area contributed by atoms with Gasteiger partial charge in [-0.15, -0.1) is 0 Å². The maximum atomic E-state index is 10.8. The van der Waals surface area contributed by atoms with E-state index in [0.717, 1.165) is 19.3 Å². The molecule has 110 valence electrons. The summed E-state index contributed by atoms with van der Waals surface area (Å²) in [4.78, 5) is 10.8. The minimum atomic E-state index is -0.940. The van der Waals surface area contributed by atoms with Crippen LogP contribution in [0.25, 0.3) is 0 Å². The molecular weight excluding hydrogens is 332 g/mol. The van der Waals surface area contributed by atoms with Gasteiger partial charge in [0.1, 0.15) is 5.75 Å². The van der Waals surface area contributed by atoms with E-state index in [4.69, 9.17) is 9.84 Å². The standard InChI is InChI=1S/C17H17BrO3/c18-15-12-14(17(19)20)9-10-16(15)21-11-5-4-8-13-6-2-1-3-7-13/h1-3,6-7,9-10,12H,4-5,8,11H2,(H,19,20). The van der Waals surface area contributed by atoms with E-state index in [9.17, 15) is 4.79 Å². The molecule has 0 radical (unpaired) electrons. The Kier molecular flexibility index (Phi) is 5.81. The minimum Gasteiger partial charge on any atom is -0.492 e. The smallest absolute Gasteiger partial charge is 0.335 e. The lowest BCUT2D eigenvalue weighted by atomic mass is 10.1. The Labute approximate surface area is 132 Å². The summed E-state index contributed by atoms with van der Waals surface area (Å²) in [5.74, 6) is -0.259. The molecule has 21 heavy (non-hydrogen) atoms. The summed E-state index contributed by atoms with van der Waals surface area (Å²) in [5.41, 5.74) is 1.59. The van der Waals surface area contributed by atoms with Gasteiger partial charge in [0.15, 0.2) is 0 Å². The van der Waals surface area contributed by atoms with Gasteiger partial charge in [0, 0.05) is 0 Å². The third-order valence-electron chi connectivity index (χ3n) is 3.14. The van der Waals surface area contributed by atoms with Gasteiger partial charge in [-0.25, -0.2) is 4.79 Å². The molecule has 0 saturated carbocycles. The second kappa shape index (κ2) is 7.84. The van der Waals surface area contributed by atoms with Crippen LogP contribution in [0.3, 0.4) is 0 Å². The van der Waals surface area contributed by atoms with Crippen molar-refractivity contribution in [3.05, 3.63) is 64.1 Å². The predicted molar refractivity (Wildman–Crippen MR) is 86.0 cm³/mol. The molecule has 2 aromatic rings. The van der Waals surface area contributed by atoms with Crippen LogP contribution in [0.15, 0.2) is 53.0 Å². The van der Waals surface area contributed by atoms with Crippen molar-refractivity contribution in [1.29, 1.82) is 0 Å². The molecule has 0 bridgehead atoms. The van der Waals surface area contributed by atoms with Crippen molar-refractivity contribution >= 4 is 21.9 Å². The van der Waals surface area contributed by atoms with Gasteiger partial charge in [-0.2, -0.15) is 0 Å². The summed E-state index contributed by atoms with van der Waals surface area (Å²) in [6.45, 7) is 0.623. The second-order valence-electron chi connectivity index (χ2n) is 4.74. The molecule has 2 rings (SSSR count). The first-order valence-corrected chi connectivity index (χ1v) is 7.65. The highest BCUT2D eigenvalue weighted by molar-refractivity contribution is 9.10. The van der Waals surface area contributed by atoms with Gasteiger partial charge in [-0.3, -0.25) is 0 Å². The lowest BCUT2D eigenvalue weighted by Gasteiger charge is -2.08. The number of carboxylic acid groups (broad SMARTS) is 1. The van der Waals surface area contributed by atoms with Gasteiger partial charge in [0.05, 0.1) is 16.6 Å². The number of aromatic carboxylic acids is 1. The van der Waals surface area contributed by atoms with Crippen molar-refractivity contribution in [2.75, 3.05) is 6.61 Å². The fourth-order valence-electron chi connectivity index (χ4n) is 2.01. The molecule has 0 aliphatic heterocycles. The largest absolute Gasteiger partial charge is 0.492 e. The van der Waals surface area contributed by atoms with E-state index < -0.39 is 5.97 Å². The Morgan fingerprint density at radius 2 is 1.86 bits per heavy atom. The average Bonchev–Trinajstić information content (AvgIpc) is 2.49. The number of carbonyl (C=O) groups is 1. The molecule has 0 aliphatic carbocycles. The summed E-state index contributed by atoms with van der Waals surface area (Å²) in [6, 6.07) is 15.2. The van der Waals surface area contributed by atoms with Gasteiger partial charge in [-0.1, -0.05) is 30.3 Å². The number of carboxylic acids is 1. The van der Waals surface area contributed by atoms with Crippen LogP contribution in [-0.4, -0.2) is 17.7 Å². The highest BCUT2D eigenvalue weighted by atomic mass is 79.9. The van der Waals surface area contributed by atoms with Crippen LogP contribution >= 0.6 is 15.9 Å². The average molecular weight is 349 g/mol. The fraction of sp³-hybridized carbons (Fsp3) is 0.235. The first-order chi connectivity index (χ1) is 10.2. The van der Waals surface area contributed by atoms with Gasteiger partial charge in [-0.05, 0) is 59.0 Å². The number of hydrogen-bond acceptors (Lipinski definition) is 2. The van der Waals surface area contributed by atoms with E-state index in [1.54, 1.807) is 18.2 Å². The molecule has 0 heterocycles. The molecule has 0 fully saturated rings. The molecule has 0 unspecified atom stereocenters. The quantitative estimate of drug-likeness (QED) is 0.746. The van der Waals surface area contributed by atoms with Crippen LogP contribution in [0.1, 0.15) is 28.8 Å². The zero-order chi connectivity index (χ0) is 15.1. The highest BCUT2D eigenvalue weighted by Gasteiger charge is 2.07. The minimum absolute atomic E-state index is 0.248. The summed E-state index contributed by atoms with van der Waals surface area (Å²) < 4.78 is 6.34. The van der Waals surface area contributed by atoms with Crippen LogP contribution in [0.4, 0.5) is 0 Å². The number of benzene rings is 2. The Bertz CT molecular complexity index is 596. The Hall–Kier alpha value is -1.81. The van der Waals surface area contributed by atoms with Crippen LogP contribution in [0.2, 0.25) is 0 Å². The molecule has 2 aromatic carbocycles. The van der Waals surface area contributed by atoms with E-state index in [0.29, 0.717) is 16.8 Å². The molecule has 0 atom stereocenters. The van der Waals surface area contributed by atoms with Crippen LogP contribution in [-0.2, 0) is 6.42 Å². The molecule has 0 amide bonds. The van der Waals surface area contributed by atoms with E-state index in [1.165, 1.54) is 5.56 Å². The van der Waals surface area contributed by atoms with Crippen LogP contribution < -0.4 is 4.74 Å². The van der Waals surface area contributed by atoms with Crippen molar-refractivity contribution in [3.8, 4) is 5.75 Å².